The minimum absolute atomic E-state index is 0.0597. The molecular weight excluding hydrogens is 354 g/mol. The summed E-state index contributed by atoms with van der Waals surface area (Å²) in [6.45, 7) is 3.06. The van der Waals surface area contributed by atoms with Crippen molar-refractivity contribution in [1.29, 1.82) is 0 Å². The lowest BCUT2D eigenvalue weighted by Gasteiger charge is -2.26. The van der Waals surface area contributed by atoms with Crippen molar-refractivity contribution in [3.63, 3.8) is 0 Å². The summed E-state index contributed by atoms with van der Waals surface area (Å²) in [5.74, 6) is -0.714. The van der Waals surface area contributed by atoms with Gasteiger partial charge in [0.15, 0.2) is 0 Å². The van der Waals surface area contributed by atoms with Gasteiger partial charge in [-0.1, -0.05) is 11.6 Å². The van der Waals surface area contributed by atoms with Crippen molar-refractivity contribution in [3.05, 3.63) is 34.5 Å². The zero-order chi connectivity index (χ0) is 17.5. The second kappa shape index (κ2) is 6.29. The number of benzene rings is 1. The number of carbonyl (C=O) groups excluding carboxylic acids is 1. The third-order valence-electron chi connectivity index (χ3n) is 3.94. The van der Waals surface area contributed by atoms with Crippen LogP contribution in [0.25, 0.3) is 10.9 Å². The SMILES string of the molecule is Cc1cc(S(=O)(=O)N2CCOCC2)cc2c(Cl)c(C(N)=O)cnc12. The van der Waals surface area contributed by atoms with E-state index in [1.165, 1.54) is 16.6 Å². The maximum Gasteiger partial charge on any atom is 0.251 e. The van der Waals surface area contributed by atoms with E-state index in [9.17, 15) is 13.2 Å². The third-order valence-corrected chi connectivity index (χ3v) is 6.23. The molecule has 1 aliphatic heterocycles. The highest BCUT2D eigenvalue weighted by atomic mass is 35.5. The second-order valence-electron chi connectivity index (χ2n) is 5.50. The second-order valence-corrected chi connectivity index (χ2v) is 7.82. The van der Waals surface area contributed by atoms with Crippen molar-refractivity contribution in [3.8, 4) is 0 Å². The summed E-state index contributed by atoms with van der Waals surface area (Å²) in [6.07, 6.45) is 1.30. The van der Waals surface area contributed by atoms with Crippen LogP contribution < -0.4 is 5.73 Å². The molecule has 0 atom stereocenters. The van der Waals surface area contributed by atoms with Crippen LogP contribution >= 0.6 is 11.6 Å². The predicted octanol–water partition coefficient (Wildman–Crippen LogP) is 1.32. The Morgan fingerprint density at radius 1 is 1.33 bits per heavy atom. The van der Waals surface area contributed by atoms with Crippen LogP contribution in [0.2, 0.25) is 5.02 Å². The van der Waals surface area contributed by atoms with Crippen molar-refractivity contribution in [2.24, 2.45) is 5.73 Å². The van der Waals surface area contributed by atoms with E-state index in [1.807, 2.05) is 0 Å². The lowest BCUT2D eigenvalue weighted by molar-refractivity contribution is 0.0730. The molecule has 0 radical (unpaired) electrons. The Bertz CT molecular complexity index is 924. The number of amides is 1. The average Bonchev–Trinajstić information content (AvgIpc) is 2.56. The van der Waals surface area contributed by atoms with Crippen LogP contribution in [0.15, 0.2) is 23.2 Å². The summed E-state index contributed by atoms with van der Waals surface area (Å²) in [4.78, 5) is 15.7. The molecule has 0 unspecified atom stereocenters. The van der Waals surface area contributed by atoms with Gasteiger partial charge in [-0.15, -0.1) is 0 Å². The molecule has 9 heteroatoms. The number of aryl methyl sites for hydroxylation is 1. The van der Waals surface area contributed by atoms with Crippen LogP contribution in [-0.4, -0.2) is 49.9 Å². The van der Waals surface area contributed by atoms with E-state index in [-0.39, 0.29) is 15.5 Å². The molecule has 2 N–H and O–H groups in total. The Morgan fingerprint density at radius 3 is 2.62 bits per heavy atom. The molecule has 7 nitrogen and oxygen atoms in total. The Labute approximate surface area is 144 Å². The molecule has 1 aromatic carbocycles. The van der Waals surface area contributed by atoms with Gasteiger partial charge in [0.2, 0.25) is 10.0 Å². The first-order chi connectivity index (χ1) is 11.3. The summed E-state index contributed by atoms with van der Waals surface area (Å²) in [6, 6.07) is 3.00. The number of nitrogens with two attached hydrogens (primary N) is 1. The number of sulfonamides is 1. The van der Waals surface area contributed by atoms with Gasteiger partial charge >= 0.3 is 0 Å². The molecule has 128 valence electrons. The van der Waals surface area contributed by atoms with Crippen LogP contribution in [-0.2, 0) is 14.8 Å². The van der Waals surface area contributed by atoms with Crippen molar-refractivity contribution in [1.82, 2.24) is 9.29 Å². The fourth-order valence-electron chi connectivity index (χ4n) is 2.67. The minimum Gasteiger partial charge on any atom is -0.379 e. The summed E-state index contributed by atoms with van der Waals surface area (Å²) < 4.78 is 32.2. The summed E-state index contributed by atoms with van der Waals surface area (Å²) in [5.41, 5.74) is 6.52. The van der Waals surface area contributed by atoms with E-state index < -0.39 is 15.9 Å². The van der Waals surface area contributed by atoms with Gasteiger partial charge in [0.1, 0.15) is 0 Å². The number of primary amides is 1. The molecule has 1 fully saturated rings. The quantitative estimate of drug-likeness (QED) is 0.878. The fraction of sp³-hybridized carbons (Fsp3) is 0.333. The molecule has 0 bridgehead atoms. The van der Waals surface area contributed by atoms with Crippen molar-refractivity contribution >= 4 is 38.4 Å². The average molecular weight is 370 g/mol. The van der Waals surface area contributed by atoms with E-state index in [0.29, 0.717) is 42.8 Å². The smallest absolute Gasteiger partial charge is 0.251 e. The molecule has 24 heavy (non-hydrogen) atoms. The molecular formula is C15H16ClN3O4S. The Morgan fingerprint density at radius 2 is 2.00 bits per heavy atom. The number of nitrogens with zero attached hydrogens (tertiary/aromatic N) is 2. The van der Waals surface area contributed by atoms with Crippen LogP contribution in [0.5, 0.6) is 0 Å². The number of ether oxygens (including phenoxy) is 1. The normalized spacial score (nSPS) is 16.4. The van der Waals surface area contributed by atoms with Crippen LogP contribution in [0, 0.1) is 6.92 Å². The topological polar surface area (TPSA) is 103 Å². The van der Waals surface area contributed by atoms with E-state index >= 15 is 0 Å². The van der Waals surface area contributed by atoms with Gasteiger partial charge < -0.3 is 10.5 Å². The van der Waals surface area contributed by atoms with Gasteiger partial charge in [-0.3, -0.25) is 9.78 Å². The zero-order valence-corrected chi connectivity index (χ0v) is 14.5. The van der Waals surface area contributed by atoms with Crippen LogP contribution in [0.1, 0.15) is 15.9 Å². The minimum atomic E-state index is -3.68. The maximum atomic E-state index is 12.8. The highest BCUT2D eigenvalue weighted by molar-refractivity contribution is 7.89. The number of halogens is 1. The molecule has 0 aliphatic carbocycles. The van der Waals surface area contributed by atoms with Gasteiger partial charge in [-0.05, 0) is 24.6 Å². The molecule has 1 amide bonds. The number of hydrogen-bond donors (Lipinski definition) is 1. The number of morpholine rings is 1. The first kappa shape index (κ1) is 17.1. The first-order valence-corrected chi connectivity index (χ1v) is 9.10. The fourth-order valence-corrected chi connectivity index (χ4v) is 4.48. The number of aromatic nitrogens is 1. The number of fused-ring (bicyclic) bond motifs is 1. The van der Waals surface area contributed by atoms with Gasteiger partial charge in [0.05, 0.1) is 34.2 Å². The van der Waals surface area contributed by atoms with Gasteiger partial charge in [0, 0.05) is 24.7 Å². The Hall–Kier alpha value is -1.74. The lowest BCUT2D eigenvalue weighted by atomic mass is 10.1. The molecule has 1 aliphatic rings. The zero-order valence-electron chi connectivity index (χ0n) is 13.0. The first-order valence-electron chi connectivity index (χ1n) is 7.29. The van der Waals surface area contributed by atoms with Crippen molar-refractivity contribution in [2.45, 2.75) is 11.8 Å². The summed E-state index contributed by atoms with van der Waals surface area (Å²) in [5, 5.41) is 0.495. The highest BCUT2D eigenvalue weighted by Crippen LogP contribution is 2.31. The van der Waals surface area contributed by atoms with Gasteiger partial charge in [0.25, 0.3) is 5.91 Å². The highest BCUT2D eigenvalue weighted by Gasteiger charge is 2.27. The van der Waals surface area contributed by atoms with E-state index in [2.05, 4.69) is 4.98 Å². The standard InChI is InChI=1S/C15H16ClN3O4S/c1-9-6-10(24(21,22)19-2-4-23-5-3-19)7-11-13(16)12(15(17)20)8-18-14(9)11/h6-8H,2-5H2,1H3,(H2,17,20). The lowest BCUT2D eigenvalue weighted by Crippen LogP contribution is -2.40. The molecule has 2 heterocycles. The van der Waals surface area contributed by atoms with E-state index in [0.717, 1.165) is 0 Å². The number of carbonyl (C=O) groups is 1. The van der Waals surface area contributed by atoms with Crippen LogP contribution in [0.4, 0.5) is 0 Å². The largest absolute Gasteiger partial charge is 0.379 e. The monoisotopic (exact) mass is 369 g/mol. The number of pyridine rings is 1. The third kappa shape index (κ3) is 2.86. The molecule has 0 saturated carbocycles. The van der Waals surface area contributed by atoms with Crippen LogP contribution in [0.3, 0.4) is 0 Å². The van der Waals surface area contributed by atoms with Crippen molar-refractivity contribution in [2.75, 3.05) is 26.3 Å². The Kier molecular flexibility index (Phi) is 4.48. The van der Waals surface area contributed by atoms with Gasteiger partial charge in [-0.2, -0.15) is 4.31 Å². The number of rotatable bonds is 3. The molecule has 1 saturated heterocycles. The summed E-state index contributed by atoms with van der Waals surface area (Å²) >= 11 is 6.25. The molecule has 3 rings (SSSR count). The number of hydrogen-bond acceptors (Lipinski definition) is 5. The molecule has 0 spiro atoms. The maximum absolute atomic E-state index is 12.8. The molecule has 1 aromatic heterocycles. The van der Waals surface area contributed by atoms with Gasteiger partial charge in [-0.25, -0.2) is 8.42 Å². The van der Waals surface area contributed by atoms with E-state index in [1.54, 1.807) is 13.0 Å². The predicted molar refractivity (Wildman–Crippen MR) is 89.6 cm³/mol. The summed E-state index contributed by atoms with van der Waals surface area (Å²) in [7, 11) is -3.68. The van der Waals surface area contributed by atoms with E-state index in [4.69, 9.17) is 22.1 Å². The van der Waals surface area contributed by atoms with Crippen molar-refractivity contribution < 1.29 is 17.9 Å². The molecule has 2 aromatic rings. The Balaban J connectivity index is 2.19.